The third-order valence-electron chi connectivity index (χ3n) is 4.83. The van der Waals surface area contributed by atoms with Crippen LogP contribution in [-0.2, 0) is 17.9 Å². The number of fused-ring (bicyclic) bond motifs is 1. The first-order valence-corrected chi connectivity index (χ1v) is 10.3. The van der Waals surface area contributed by atoms with Gasteiger partial charge in [0.15, 0.2) is 5.65 Å². The lowest BCUT2D eigenvalue weighted by atomic mass is 10.2. The molecule has 0 saturated heterocycles. The zero-order valence-electron chi connectivity index (χ0n) is 17.2. The molecule has 0 spiro atoms. The summed E-state index contributed by atoms with van der Waals surface area (Å²) in [6, 6.07) is 17.9. The van der Waals surface area contributed by atoms with Crippen molar-refractivity contribution in [2.24, 2.45) is 0 Å². The minimum absolute atomic E-state index is 0.291. The number of anilines is 1. The van der Waals surface area contributed by atoms with Gasteiger partial charge in [0, 0.05) is 12.7 Å². The molecule has 0 unspecified atom stereocenters. The van der Waals surface area contributed by atoms with Crippen molar-refractivity contribution in [2.45, 2.75) is 20.0 Å². The predicted molar refractivity (Wildman–Crippen MR) is 122 cm³/mol. The lowest BCUT2D eigenvalue weighted by Gasteiger charge is -2.07. The largest absolute Gasteiger partial charge is 0.350 e. The van der Waals surface area contributed by atoms with Crippen molar-refractivity contribution in [2.75, 3.05) is 5.32 Å². The van der Waals surface area contributed by atoms with Crippen molar-refractivity contribution >= 4 is 34.7 Å². The highest BCUT2D eigenvalue weighted by atomic mass is 35.5. The molecule has 2 amide bonds. The van der Waals surface area contributed by atoms with Crippen LogP contribution < -0.4 is 16.3 Å². The van der Waals surface area contributed by atoms with Gasteiger partial charge < -0.3 is 10.6 Å². The number of rotatable bonds is 6. The van der Waals surface area contributed by atoms with E-state index in [0.717, 1.165) is 15.8 Å². The predicted octanol–water partition coefficient (Wildman–Crippen LogP) is 3.03. The SMILES string of the molecule is Cc1ccc(NC(=O)Cn2nc3ccc(C(=O)NCc4ccccc4)cn3c2=O)c(Cl)c1. The molecule has 32 heavy (non-hydrogen) atoms. The molecule has 0 bridgehead atoms. The number of amides is 2. The molecule has 9 heteroatoms. The molecular weight excluding hydrogens is 430 g/mol. The van der Waals surface area contributed by atoms with Crippen molar-refractivity contribution in [1.29, 1.82) is 0 Å². The molecule has 0 aliphatic rings. The molecule has 4 aromatic rings. The first kappa shape index (κ1) is 21.3. The summed E-state index contributed by atoms with van der Waals surface area (Å²) >= 11 is 6.14. The first-order chi connectivity index (χ1) is 15.4. The fraction of sp³-hybridized carbons (Fsp3) is 0.130. The zero-order chi connectivity index (χ0) is 22.7. The molecule has 2 aromatic carbocycles. The molecule has 2 aromatic heterocycles. The maximum atomic E-state index is 12.7. The normalized spacial score (nSPS) is 10.8. The number of nitrogens with zero attached hydrogens (tertiary/aromatic N) is 3. The summed E-state index contributed by atoms with van der Waals surface area (Å²) in [6.45, 7) is 1.97. The Morgan fingerprint density at radius 2 is 1.84 bits per heavy atom. The van der Waals surface area contributed by atoms with E-state index in [0.29, 0.717) is 28.5 Å². The third-order valence-corrected chi connectivity index (χ3v) is 5.14. The summed E-state index contributed by atoms with van der Waals surface area (Å²) < 4.78 is 2.28. The van der Waals surface area contributed by atoms with Crippen LogP contribution in [0, 0.1) is 6.92 Å². The van der Waals surface area contributed by atoms with Crippen molar-refractivity contribution < 1.29 is 9.59 Å². The van der Waals surface area contributed by atoms with E-state index in [4.69, 9.17) is 11.6 Å². The number of hydrogen-bond acceptors (Lipinski definition) is 4. The average Bonchev–Trinajstić information content (AvgIpc) is 3.09. The molecule has 4 rings (SSSR count). The Labute approximate surface area is 188 Å². The number of pyridine rings is 1. The summed E-state index contributed by atoms with van der Waals surface area (Å²) in [5.74, 6) is -0.760. The Kier molecular flexibility index (Phi) is 6.04. The topological polar surface area (TPSA) is 97.5 Å². The second-order valence-corrected chi connectivity index (χ2v) is 7.69. The van der Waals surface area contributed by atoms with E-state index in [9.17, 15) is 14.4 Å². The Balaban J connectivity index is 1.48. The van der Waals surface area contributed by atoms with Gasteiger partial charge in [-0.15, -0.1) is 5.10 Å². The van der Waals surface area contributed by atoms with E-state index >= 15 is 0 Å². The first-order valence-electron chi connectivity index (χ1n) is 9.88. The van der Waals surface area contributed by atoms with Crippen LogP contribution in [0.3, 0.4) is 0 Å². The maximum Gasteiger partial charge on any atom is 0.350 e. The van der Waals surface area contributed by atoms with Gasteiger partial charge in [-0.1, -0.05) is 48.0 Å². The molecular formula is C23H20ClN5O3. The molecule has 0 aliphatic carbocycles. The second-order valence-electron chi connectivity index (χ2n) is 7.29. The average molecular weight is 450 g/mol. The lowest BCUT2D eigenvalue weighted by molar-refractivity contribution is -0.117. The molecule has 162 valence electrons. The van der Waals surface area contributed by atoms with Crippen molar-refractivity contribution in [3.8, 4) is 0 Å². The smallest absolute Gasteiger partial charge is 0.348 e. The lowest BCUT2D eigenvalue weighted by Crippen LogP contribution is -2.28. The Morgan fingerprint density at radius 1 is 1.06 bits per heavy atom. The third kappa shape index (κ3) is 4.70. The van der Waals surface area contributed by atoms with Crippen LogP contribution in [0.4, 0.5) is 5.69 Å². The Bertz CT molecular complexity index is 1360. The van der Waals surface area contributed by atoms with Gasteiger partial charge >= 0.3 is 5.69 Å². The van der Waals surface area contributed by atoms with Gasteiger partial charge in [-0.3, -0.25) is 9.59 Å². The van der Waals surface area contributed by atoms with Crippen LogP contribution in [0.15, 0.2) is 71.7 Å². The standard InChI is InChI=1S/C23H20ClN5O3/c1-15-7-9-19(18(24)11-15)26-21(30)14-29-23(32)28-13-17(8-10-20(28)27-29)22(31)25-12-16-5-3-2-4-6-16/h2-11,13H,12,14H2,1H3,(H,25,31)(H,26,30). The number of nitrogens with one attached hydrogen (secondary N) is 2. The molecule has 0 fully saturated rings. The van der Waals surface area contributed by atoms with Crippen molar-refractivity contribution in [3.63, 3.8) is 0 Å². The number of carbonyl (C=O) groups excluding carboxylic acids is 2. The summed E-state index contributed by atoms with van der Waals surface area (Å²) in [4.78, 5) is 37.6. The minimum Gasteiger partial charge on any atom is -0.348 e. The van der Waals surface area contributed by atoms with Gasteiger partial charge in [-0.2, -0.15) is 0 Å². The van der Waals surface area contributed by atoms with Crippen molar-refractivity contribution in [3.05, 3.63) is 99.1 Å². The number of aromatic nitrogens is 3. The number of aryl methyl sites for hydroxylation is 1. The minimum atomic E-state index is -0.525. The Morgan fingerprint density at radius 3 is 2.59 bits per heavy atom. The molecule has 0 aliphatic heterocycles. The summed E-state index contributed by atoms with van der Waals surface area (Å²) in [7, 11) is 0. The highest BCUT2D eigenvalue weighted by molar-refractivity contribution is 6.33. The maximum absolute atomic E-state index is 12.7. The highest BCUT2D eigenvalue weighted by Gasteiger charge is 2.14. The van der Waals surface area contributed by atoms with Gasteiger partial charge in [0.05, 0.1) is 16.3 Å². The number of halogens is 1. The van der Waals surface area contributed by atoms with E-state index in [1.807, 2.05) is 43.3 Å². The van der Waals surface area contributed by atoms with Gasteiger partial charge in [0.1, 0.15) is 6.54 Å². The molecule has 0 radical (unpaired) electrons. The molecule has 0 atom stereocenters. The van der Waals surface area contributed by atoms with Crippen LogP contribution in [0.2, 0.25) is 5.02 Å². The monoisotopic (exact) mass is 449 g/mol. The van der Waals surface area contributed by atoms with E-state index < -0.39 is 11.6 Å². The molecule has 2 heterocycles. The number of hydrogen-bond donors (Lipinski definition) is 2. The number of carbonyl (C=O) groups is 2. The van der Waals surface area contributed by atoms with E-state index in [-0.39, 0.29) is 12.5 Å². The second kappa shape index (κ2) is 9.07. The van der Waals surface area contributed by atoms with Crippen LogP contribution in [0.1, 0.15) is 21.5 Å². The molecule has 8 nitrogen and oxygen atoms in total. The zero-order valence-corrected chi connectivity index (χ0v) is 18.0. The van der Waals surface area contributed by atoms with E-state index in [2.05, 4.69) is 15.7 Å². The number of benzene rings is 2. The van der Waals surface area contributed by atoms with Gasteiger partial charge in [0.2, 0.25) is 5.91 Å². The van der Waals surface area contributed by atoms with E-state index in [1.54, 1.807) is 24.3 Å². The summed E-state index contributed by atoms with van der Waals surface area (Å²) in [5.41, 5.74) is 2.50. The van der Waals surface area contributed by atoms with Gasteiger partial charge in [0.25, 0.3) is 5.91 Å². The molecule has 0 saturated carbocycles. The van der Waals surface area contributed by atoms with Crippen LogP contribution >= 0.6 is 11.6 Å². The van der Waals surface area contributed by atoms with Crippen molar-refractivity contribution in [1.82, 2.24) is 19.5 Å². The van der Waals surface area contributed by atoms with Gasteiger partial charge in [-0.25, -0.2) is 13.9 Å². The summed E-state index contributed by atoms with van der Waals surface area (Å²) in [5, 5.41) is 10.1. The van der Waals surface area contributed by atoms with Crippen LogP contribution in [0.5, 0.6) is 0 Å². The van der Waals surface area contributed by atoms with E-state index in [1.165, 1.54) is 10.6 Å². The highest BCUT2D eigenvalue weighted by Crippen LogP contribution is 2.22. The quantitative estimate of drug-likeness (QED) is 0.472. The Hall–Kier alpha value is -3.91. The molecule has 2 N–H and O–H groups in total. The van der Waals surface area contributed by atoms with Crippen LogP contribution in [0.25, 0.3) is 5.65 Å². The van der Waals surface area contributed by atoms with Crippen LogP contribution in [-0.4, -0.2) is 26.0 Å². The summed E-state index contributed by atoms with van der Waals surface area (Å²) in [6.07, 6.45) is 1.41. The van der Waals surface area contributed by atoms with Gasteiger partial charge in [-0.05, 0) is 42.3 Å². The fourth-order valence-corrected chi connectivity index (χ4v) is 3.47. The fourth-order valence-electron chi connectivity index (χ4n) is 3.18.